The van der Waals surface area contributed by atoms with Gasteiger partial charge in [0.2, 0.25) is 0 Å². The number of unbranched alkanes of at least 4 members (excludes halogenated alkanes) is 6. The molecule has 0 spiro atoms. The SMILES string of the molecule is CCCCCCCCCc1ccc(OC(=O)c2ccc(-c3ccc(CC(C)C)cc3)cc2)c(C#N)c1. The minimum absolute atomic E-state index is 0.315. The topological polar surface area (TPSA) is 50.1 Å². The van der Waals surface area contributed by atoms with E-state index in [1.807, 2.05) is 24.3 Å². The van der Waals surface area contributed by atoms with Crippen LogP contribution in [0.15, 0.2) is 66.7 Å². The zero-order valence-corrected chi connectivity index (χ0v) is 22.1. The number of carbonyl (C=O) groups excluding carboxylic acids is 1. The molecular weight excluding hydrogens is 442 g/mol. The molecule has 0 saturated heterocycles. The van der Waals surface area contributed by atoms with Crippen LogP contribution in [-0.4, -0.2) is 5.97 Å². The summed E-state index contributed by atoms with van der Waals surface area (Å²) in [5, 5.41) is 9.61. The predicted octanol–water partition coefficient (Wildman–Crippen LogP) is 8.94. The van der Waals surface area contributed by atoms with Gasteiger partial charge in [0.25, 0.3) is 0 Å². The first-order valence-electron chi connectivity index (χ1n) is 13.4. The Balaban J connectivity index is 1.56. The highest BCUT2D eigenvalue weighted by molar-refractivity contribution is 5.92. The van der Waals surface area contributed by atoms with Crippen LogP contribution in [0.3, 0.4) is 0 Å². The number of benzene rings is 3. The zero-order valence-electron chi connectivity index (χ0n) is 22.1. The van der Waals surface area contributed by atoms with Gasteiger partial charge in [0, 0.05) is 0 Å². The van der Waals surface area contributed by atoms with Gasteiger partial charge in [-0.05, 0) is 71.7 Å². The molecule has 0 aliphatic carbocycles. The Morgan fingerprint density at radius 3 is 2.00 bits per heavy atom. The number of carbonyl (C=O) groups is 1. The molecule has 0 fully saturated rings. The molecule has 0 bridgehead atoms. The van der Waals surface area contributed by atoms with Crippen LogP contribution >= 0.6 is 0 Å². The summed E-state index contributed by atoms with van der Waals surface area (Å²) >= 11 is 0. The molecule has 3 aromatic carbocycles. The molecule has 188 valence electrons. The average Bonchev–Trinajstić information content (AvgIpc) is 2.89. The molecule has 0 N–H and O–H groups in total. The van der Waals surface area contributed by atoms with E-state index in [1.54, 1.807) is 18.2 Å². The average molecular weight is 482 g/mol. The van der Waals surface area contributed by atoms with Gasteiger partial charge in [0.1, 0.15) is 11.8 Å². The second-order valence-corrected chi connectivity index (χ2v) is 10.1. The zero-order chi connectivity index (χ0) is 25.8. The summed E-state index contributed by atoms with van der Waals surface area (Å²) in [6.07, 6.45) is 10.8. The lowest BCUT2D eigenvalue weighted by atomic mass is 9.98. The Morgan fingerprint density at radius 2 is 1.39 bits per heavy atom. The molecule has 0 amide bonds. The molecule has 3 heteroatoms. The van der Waals surface area contributed by atoms with E-state index in [0.717, 1.165) is 36.0 Å². The summed E-state index contributed by atoms with van der Waals surface area (Å²) in [5.74, 6) is 0.491. The molecule has 3 aromatic rings. The summed E-state index contributed by atoms with van der Waals surface area (Å²) in [4.78, 5) is 12.7. The molecule has 0 atom stereocenters. The first-order valence-corrected chi connectivity index (χ1v) is 13.4. The van der Waals surface area contributed by atoms with Crippen molar-refractivity contribution in [1.82, 2.24) is 0 Å². The largest absolute Gasteiger partial charge is 0.422 e. The van der Waals surface area contributed by atoms with Gasteiger partial charge < -0.3 is 4.74 Å². The van der Waals surface area contributed by atoms with Crippen molar-refractivity contribution >= 4 is 5.97 Å². The number of nitrogens with zero attached hydrogens (tertiary/aromatic N) is 1. The maximum Gasteiger partial charge on any atom is 0.343 e. The smallest absolute Gasteiger partial charge is 0.343 e. The fraction of sp³-hybridized carbons (Fsp3) is 0.394. The van der Waals surface area contributed by atoms with Crippen LogP contribution in [0.4, 0.5) is 0 Å². The fourth-order valence-electron chi connectivity index (χ4n) is 4.46. The Hall–Kier alpha value is -3.38. The van der Waals surface area contributed by atoms with Gasteiger partial charge in [-0.2, -0.15) is 5.26 Å². The minimum Gasteiger partial charge on any atom is -0.422 e. The number of rotatable bonds is 13. The van der Waals surface area contributed by atoms with Gasteiger partial charge in [-0.15, -0.1) is 0 Å². The van der Waals surface area contributed by atoms with Crippen molar-refractivity contribution in [3.63, 3.8) is 0 Å². The Labute approximate surface area is 217 Å². The van der Waals surface area contributed by atoms with Crippen LogP contribution in [0.2, 0.25) is 0 Å². The van der Waals surface area contributed by atoms with E-state index in [9.17, 15) is 10.1 Å². The molecule has 0 aliphatic heterocycles. The summed E-state index contributed by atoms with van der Waals surface area (Å²) in [5.41, 5.74) is 5.48. The van der Waals surface area contributed by atoms with Crippen molar-refractivity contribution in [1.29, 1.82) is 5.26 Å². The number of esters is 1. The van der Waals surface area contributed by atoms with Gasteiger partial charge >= 0.3 is 5.97 Å². The Morgan fingerprint density at radius 1 is 0.806 bits per heavy atom. The van der Waals surface area contributed by atoms with Crippen molar-refractivity contribution in [3.05, 3.63) is 89.0 Å². The number of nitriles is 1. The van der Waals surface area contributed by atoms with E-state index >= 15 is 0 Å². The lowest BCUT2D eigenvalue weighted by molar-refractivity contribution is 0.0734. The molecule has 36 heavy (non-hydrogen) atoms. The van der Waals surface area contributed by atoms with Gasteiger partial charge in [-0.25, -0.2) is 4.79 Å². The molecule has 0 aromatic heterocycles. The van der Waals surface area contributed by atoms with E-state index in [0.29, 0.717) is 22.8 Å². The number of ether oxygens (including phenoxy) is 1. The molecule has 0 aliphatic rings. The molecule has 0 radical (unpaired) electrons. The van der Waals surface area contributed by atoms with E-state index in [1.165, 1.54) is 44.1 Å². The predicted molar refractivity (Wildman–Crippen MR) is 148 cm³/mol. The van der Waals surface area contributed by atoms with Crippen LogP contribution in [0.5, 0.6) is 5.75 Å². The van der Waals surface area contributed by atoms with Gasteiger partial charge in [-0.3, -0.25) is 0 Å². The highest BCUT2D eigenvalue weighted by Crippen LogP contribution is 2.24. The van der Waals surface area contributed by atoms with Crippen molar-refractivity contribution in [2.24, 2.45) is 5.92 Å². The van der Waals surface area contributed by atoms with E-state index in [-0.39, 0.29) is 0 Å². The summed E-state index contributed by atoms with van der Waals surface area (Å²) in [7, 11) is 0. The molecule has 0 heterocycles. The number of aryl methyl sites for hydroxylation is 1. The minimum atomic E-state index is -0.454. The third-order valence-electron chi connectivity index (χ3n) is 6.49. The Bertz CT molecular complexity index is 1140. The summed E-state index contributed by atoms with van der Waals surface area (Å²) in [6, 6.07) is 23.8. The van der Waals surface area contributed by atoms with Crippen molar-refractivity contribution in [2.45, 2.75) is 78.6 Å². The molecule has 3 nitrogen and oxygen atoms in total. The van der Waals surface area contributed by atoms with Crippen molar-refractivity contribution in [3.8, 4) is 22.9 Å². The first-order chi connectivity index (χ1) is 17.5. The van der Waals surface area contributed by atoms with Crippen molar-refractivity contribution < 1.29 is 9.53 Å². The Kier molecular flexibility index (Phi) is 10.8. The third-order valence-corrected chi connectivity index (χ3v) is 6.49. The number of hydrogen-bond acceptors (Lipinski definition) is 3. The van der Waals surface area contributed by atoms with Crippen LogP contribution in [0.1, 0.15) is 92.8 Å². The van der Waals surface area contributed by atoms with Crippen LogP contribution in [0.25, 0.3) is 11.1 Å². The lowest BCUT2D eigenvalue weighted by Crippen LogP contribution is -2.09. The summed E-state index contributed by atoms with van der Waals surface area (Å²) in [6.45, 7) is 6.67. The number of hydrogen-bond donors (Lipinski definition) is 0. The van der Waals surface area contributed by atoms with E-state index in [2.05, 4.69) is 51.1 Å². The van der Waals surface area contributed by atoms with Gasteiger partial charge in [-0.1, -0.05) is 102 Å². The third kappa shape index (κ3) is 8.38. The van der Waals surface area contributed by atoms with Crippen LogP contribution < -0.4 is 4.74 Å². The second-order valence-electron chi connectivity index (χ2n) is 10.1. The quantitative estimate of drug-likeness (QED) is 0.139. The maximum absolute atomic E-state index is 12.7. The molecule has 0 unspecified atom stereocenters. The van der Waals surface area contributed by atoms with E-state index < -0.39 is 5.97 Å². The van der Waals surface area contributed by atoms with Gasteiger partial charge in [0.15, 0.2) is 0 Å². The molecule has 0 saturated carbocycles. The maximum atomic E-state index is 12.7. The summed E-state index contributed by atoms with van der Waals surface area (Å²) < 4.78 is 5.59. The molecular formula is C33H39NO2. The molecule has 3 rings (SSSR count). The first kappa shape index (κ1) is 27.2. The monoisotopic (exact) mass is 481 g/mol. The second kappa shape index (κ2) is 14.2. The standard InChI is InChI=1S/C33H39NO2/c1-4-5-6-7-8-9-10-11-26-14-21-32(31(23-26)24-34)36-33(35)30-19-17-29(18-20-30)28-15-12-27(13-16-28)22-25(2)3/h12-21,23,25H,4-11,22H2,1-3H3. The lowest BCUT2D eigenvalue weighted by Gasteiger charge is -2.10. The van der Waals surface area contributed by atoms with Gasteiger partial charge in [0.05, 0.1) is 11.1 Å². The van der Waals surface area contributed by atoms with Crippen LogP contribution in [0, 0.1) is 17.2 Å². The fourth-order valence-corrected chi connectivity index (χ4v) is 4.46. The van der Waals surface area contributed by atoms with Crippen LogP contribution in [-0.2, 0) is 12.8 Å². The highest BCUT2D eigenvalue weighted by atomic mass is 16.5. The highest BCUT2D eigenvalue weighted by Gasteiger charge is 2.13. The normalized spacial score (nSPS) is 10.9. The van der Waals surface area contributed by atoms with E-state index in [4.69, 9.17) is 4.74 Å². The van der Waals surface area contributed by atoms with Crippen molar-refractivity contribution in [2.75, 3.05) is 0 Å².